The van der Waals surface area contributed by atoms with E-state index in [9.17, 15) is 9.18 Å². The van der Waals surface area contributed by atoms with E-state index in [4.69, 9.17) is 9.47 Å². The molecule has 1 saturated heterocycles. The van der Waals surface area contributed by atoms with Crippen molar-refractivity contribution in [2.45, 2.75) is 39.3 Å². The number of nitrogens with one attached hydrogen (secondary N) is 1. The van der Waals surface area contributed by atoms with Crippen molar-refractivity contribution in [2.75, 3.05) is 26.2 Å². The van der Waals surface area contributed by atoms with E-state index >= 15 is 0 Å². The van der Waals surface area contributed by atoms with Crippen molar-refractivity contribution in [2.24, 2.45) is 0 Å². The molecule has 1 atom stereocenters. The number of ether oxygens (including phenoxy) is 2. The molecule has 2 rings (SSSR count). The zero-order chi connectivity index (χ0) is 16.7. The van der Waals surface area contributed by atoms with Crippen molar-refractivity contribution >= 4 is 6.09 Å². The quantitative estimate of drug-likeness (QED) is 0.818. The molecule has 23 heavy (non-hydrogen) atoms. The normalized spacial score (nSPS) is 17.9. The summed E-state index contributed by atoms with van der Waals surface area (Å²) >= 11 is 0. The lowest BCUT2D eigenvalue weighted by atomic mass is 10.2. The highest BCUT2D eigenvalue weighted by Crippen LogP contribution is 2.19. The van der Waals surface area contributed by atoms with Gasteiger partial charge in [-0.2, -0.15) is 0 Å². The number of carbonyl (C=O) groups excluding carboxylic acids is 1. The molecular weight excluding hydrogens is 299 g/mol. The van der Waals surface area contributed by atoms with E-state index in [0.717, 1.165) is 25.9 Å². The summed E-state index contributed by atoms with van der Waals surface area (Å²) in [5, 5.41) is 3.21. The molecule has 1 unspecified atom stereocenters. The van der Waals surface area contributed by atoms with Crippen LogP contribution in [-0.4, -0.2) is 43.3 Å². The van der Waals surface area contributed by atoms with Crippen LogP contribution in [0, 0.1) is 5.82 Å². The van der Waals surface area contributed by atoms with Crippen LogP contribution in [0.2, 0.25) is 0 Å². The van der Waals surface area contributed by atoms with Gasteiger partial charge in [0, 0.05) is 31.2 Å². The SMILES string of the molecule is CCCCOc1ccc(F)c(COC(=O)N2CCNCC2C)c1. The minimum Gasteiger partial charge on any atom is -0.494 e. The van der Waals surface area contributed by atoms with Gasteiger partial charge in [0.1, 0.15) is 18.2 Å². The first-order valence-electron chi connectivity index (χ1n) is 8.17. The third-order valence-corrected chi connectivity index (χ3v) is 3.87. The fraction of sp³-hybridized carbons (Fsp3) is 0.588. The lowest BCUT2D eigenvalue weighted by Crippen LogP contribution is -2.52. The van der Waals surface area contributed by atoms with Crippen molar-refractivity contribution in [1.29, 1.82) is 0 Å². The minimum absolute atomic E-state index is 0.0739. The van der Waals surface area contributed by atoms with E-state index in [2.05, 4.69) is 12.2 Å². The van der Waals surface area contributed by atoms with Gasteiger partial charge in [0.25, 0.3) is 0 Å². The zero-order valence-corrected chi connectivity index (χ0v) is 13.8. The standard InChI is InChI=1S/C17H25FN2O3/c1-3-4-9-22-15-5-6-16(18)14(10-15)12-23-17(21)20-8-7-19-11-13(20)2/h5-6,10,13,19H,3-4,7-9,11-12H2,1-2H3. The third kappa shape index (κ3) is 5.10. The Hall–Kier alpha value is -1.82. The number of halogens is 1. The molecule has 0 saturated carbocycles. The summed E-state index contributed by atoms with van der Waals surface area (Å²) in [5.41, 5.74) is 0.329. The molecule has 1 aliphatic rings. The number of piperazine rings is 1. The van der Waals surface area contributed by atoms with Crippen LogP contribution in [0.5, 0.6) is 5.75 Å². The van der Waals surface area contributed by atoms with Gasteiger partial charge in [-0.05, 0) is 31.5 Å². The van der Waals surface area contributed by atoms with E-state index in [0.29, 0.717) is 24.5 Å². The fourth-order valence-electron chi connectivity index (χ4n) is 2.42. The van der Waals surface area contributed by atoms with Crippen LogP contribution in [0.4, 0.5) is 9.18 Å². The molecular formula is C17H25FN2O3. The Morgan fingerprint density at radius 1 is 1.48 bits per heavy atom. The van der Waals surface area contributed by atoms with Gasteiger partial charge in [-0.3, -0.25) is 0 Å². The number of unbranched alkanes of at least 4 members (excludes halogenated alkanes) is 1. The van der Waals surface area contributed by atoms with Crippen LogP contribution in [0.25, 0.3) is 0 Å². The summed E-state index contributed by atoms with van der Waals surface area (Å²) in [4.78, 5) is 13.8. The molecule has 0 aromatic heterocycles. The first kappa shape index (κ1) is 17.5. The maximum Gasteiger partial charge on any atom is 0.410 e. The highest BCUT2D eigenvalue weighted by molar-refractivity contribution is 5.68. The lowest BCUT2D eigenvalue weighted by molar-refractivity contribution is 0.0751. The second-order valence-electron chi connectivity index (χ2n) is 5.76. The predicted molar refractivity (Wildman–Crippen MR) is 86.0 cm³/mol. The molecule has 6 heteroatoms. The maximum atomic E-state index is 13.9. The highest BCUT2D eigenvalue weighted by Gasteiger charge is 2.24. The van der Waals surface area contributed by atoms with E-state index in [1.54, 1.807) is 17.0 Å². The number of benzene rings is 1. The zero-order valence-electron chi connectivity index (χ0n) is 13.8. The topological polar surface area (TPSA) is 50.8 Å². The molecule has 0 aliphatic carbocycles. The van der Waals surface area contributed by atoms with Crippen molar-refractivity contribution in [1.82, 2.24) is 10.2 Å². The summed E-state index contributed by atoms with van der Waals surface area (Å²) in [6.45, 7) is 6.62. The number of hydrogen-bond acceptors (Lipinski definition) is 4. The third-order valence-electron chi connectivity index (χ3n) is 3.87. The Morgan fingerprint density at radius 3 is 3.04 bits per heavy atom. The summed E-state index contributed by atoms with van der Waals surface area (Å²) in [6, 6.07) is 4.61. The van der Waals surface area contributed by atoms with Crippen molar-refractivity contribution in [3.63, 3.8) is 0 Å². The molecule has 1 amide bonds. The van der Waals surface area contributed by atoms with Gasteiger partial charge in [0.15, 0.2) is 0 Å². The number of rotatable bonds is 6. The van der Waals surface area contributed by atoms with Crippen LogP contribution >= 0.6 is 0 Å². The molecule has 1 fully saturated rings. The molecule has 1 heterocycles. The predicted octanol–water partition coefficient (Wildman–Crippen LogP) is 2.93. The molecule has 1 aliphatic heterocycles. The van der Waals surface area contributed by atoms with Crippen molar-refractivity contribution < 1.29 is 18.7 Å². The van der Waals surface area contributed by atoms with Crippen molar-refractivity contribution in [3.8, 4) is 5.75 Å². The molecule has 1 aromatic carbocycles. The van der Waals surface area contributed by atoms with Crippen LogP contribution in [0.1, 0.15) is 32.3 Å². The molecule has 0 spiro atoms. The summed E-state index contributed by atoms with van der Waals surface area (Å²) in [6.07, 6.45) is 1.58. The van der Waals surface area contributed by atoms with Gasteiger partial charge >= 0.3 is 6.09 Å². The summed E-state index contributed by atoms with van der Waals surface area (Å²) in [5.74, 6) is 0.204. The largest absolute Gasteiger partial charge is 0.494 e. The van der Waals surface area contributed by atoms with Crippen molar-refractivity contribution in [3.05, 3.63) is 29.6 Å². The van der Waals surface area contributed by atoms with Crippen LogP contribution < -0.4 is 10.1 Å². The molecule has 128 valence electrons. The molecule has 1 N–H and O–H groups in total. The Kier molecular flexibility index (Phi) is 6.65. The van der Waals surface area contributed by atoms with Gasteiger partial charge in [-0.15, -0.1) is 0 Å². The Bertz CT molecular complexity index is 525. The van der Waals surface area contributed by atoms with E-state index in [-0.39, 0.29) is 12.6 Å². The van der Waals surface area contributed by atoms with Crippen LogP contribution in [-0.2, 0) is 11.3 Å². The number of amides is 1. The highest BCUT2D eigenvalue weighted by atomic mass is 19.1. The monoisotopic (exact) mass is 324 g/mol. The average Bonchev–Trinajstić information content (AvgIpc) is 2.55. The molecule has 0 radical (unpaired) electrons. The molecule has 0 bridgehead atoms. The van der Waals surface area contributed by atoms with Gasteiger partial charge in [0.05, 0.1) is 6.61 Å². The molecule has 5 nitrogen and oxygen atoms in total. The Morgan fingerprint density at radius 2 is 2.30 bits per heavy atom. The van der Waals surface area contributed by atoms with Gasteiger partial charge < -0.3 is 19.7 Å². The Labute approximate surface area is 136 Å². The Balaban J connectivity index is 1.91. The number of nitrogens with zero attached hydrogens (tertiary/aromatic N) is 1. The fourth-order valence-corrected chi connectivity index (χ4v) is 2.42. The van der Waals surface area contributed by atoms with Gasteiger partial charge in [-0.1, -0.05) is 13.3 Å². The lowest BCUT2D eigenvalue weighted by Gasteiger charge is -2.33. The first-order chi connectivity index (χ1) is 11.1. The van der Waals surface area contributed by atoms with E-state index < -0.39 is 11.9 Å². The summed E-state index contributed by atoms with van der Waals surface area (Å²) in [7, 11) is 0. The molecule has 1 aromatic rings. The van der Waals surface area contributed by atoms with Crippen LogP contribution in [0.3, 0.4) is 0 Å². The first-order valence-corrected chi connectivity index (χ1v) is 8.17. The van der Waals surface area contributed by atoms with Gasteiger partial charge in [0.2, 0.25) is 0 Å². The van der Waals surface area contributed by atoms with Gasteiger partial charge in [-0.25, -0.2) is 9.18 Å². The van der Waals surface area contributed by atoms with E-state index in [1.807, 2.05) is 6.92 Å². The van der Waals surface area contributed by atoms with Crippen LogP contribution in [0.15, 0.2) is 18.2 Å². The smallest absolute Gasteiger partial charge is 0.410 e. The summed E-state index contributed by atoms with van der Waals surface area (Å²) < 4.78 is 24.7. The second-order valence-corrected chi connectivity index (χ2v) is 5.76. The maximum absolute atomic E-state index is 13.9. The second kappa shape index (κ2) is 8.72. The minimum atomic E-state index is -0.407. The number of hydrogen-bond donors (Lipinski definition) is 1. The van der Waals surface area contributed by atoms with E-state index in [1.165, 1.54) is 6.07 Å². The average molecular weight is 324 g/mol. The number of carbonyl (C=O) groups is 1.